The van der Waals surface area contributed by atoms with Gasteiger partial charge in [-0.05, 0) is 0 Å². The fourth-order valence-electron chi connectivity index (χ4n) is 1.26. The van der Waals surface area contributed by atoms with Crippen LogP contribution in [0.2, 0.25) is 0 Å². The maximum absolute atomic E-state index is 13.2. The van der Waals surface area contributed by atoms with Crippen LogP contribution >= 0.6 is 0 Å². The topological polar surface area (TPSA) is 14.1 Å². The Balaban J connectivity index is 0.00000112. The first-order valence-electron chi connectivity index (χ1n) is 4.17. The third-order valence-corrected chi connectivity index (χ3v) is 1.92. The minimum absolute atomic E-state index is 0. The molecule has 0 saturated heterocycles. The van der Waals surface area contributed by atoms with Crippen LogP contribution in [0.3, 0.4) is 0 Å². The van der Waals surface area contributed by atoms with Crippen molar-refractivity contribution < 1.29 is 28.9 Å². The average Bonchev–Trinajstić information content (AvgIpc) is 2.19. The Morgan fingerprint density at radius 3 is 2.67 bits per heavy atom. The zero-order valence-electron chi connectivity index (χ0n) is 7.58. The van der Waals surface area contributed by atoms with Crippen LogP contribution in [0.5, 0.6) is 0 Å². The van der Waals surface area contributed by atoms with Gasteiger partial charge in [-0.25, -0.2) is 0 Å². The molecular formula is C11H7F2IrN-2. The zero-order valence-corrected chi connectivity index (χ0v) is 9.97. The minimum atomic E-state index is -0.624. The van der Waals surface area contributed by atoms with Crippen molar-refractivity contribution in [3.63, 3.8) is 0 Å². The van der Waals surface area contributed by atoms with Crippen LogP contribution < -0.4 is 0 Å². The van der Waals surface area contributed by atoms with E-state index >= 15 is 0 Å². The average molecular weight is 383 g/mol. The van der Waals surface area contributed by atoms with Gasteiger partial charge in [-0.15, -0.1) is 17.7 Å². The normalized spacial score (nSPS) is 18.1. The van der Waals surface area contributed by atoms with Gasteiger partial charge in [0.15, 0.2) is 0 Å². The summed E-state index contributed by atoms with van der Waals surface area (Å²) in [6, 6.07) is 4.11. The fraction of sp³-hybridized carbons (Fsp3) is 0.0909. The van der Waals surface area contributed by atoms with Crippen LogP contribution in [-0.2, 0) is 20.1 Å². The Labute approximate surface area is 100 Å². The monoisotopic (exact) mass is 384 g/mol. The molecule has 2 rings (SSSR count). The maximum Gasteiger partial charge on any atom is 0.0137 e. The Bertz CT molecular complexity index is 402. The van der Waals surface area contributed by atoms with Crippen molar-refractivity contribution in [1.82, 2.24) is 0 Å². The molecule has 81 valence electrons. The molecule has 0 saturated carbocycles. The van der Waals surface area contributed by atoms with Gasteiger partial charge < -0.3 is 5.32 Å². The van der Waals surface area contributed by atoms with E-state index in [1.165, 1.54) is 0 Å². The van der Waals surface area contributed by atoms with Crippen molar-refractivity contribution >= 4 is 0 Å². The van der Waals surface area contributed by atoms with Crippen LogP contribution in [0.25, 0.3) is 5.32 Å². The Kier molecular flexibility index (Phi) is 4.18. The molecule has 15 heavy (non-hydrogen) atoms. The first-order valence-corrected chi connectivity index (χ1v) is 4.17. The van der Waals surface area contributed by atoms with E-state index in [4.69, 9.17) is 0 Å². The van der Waals surface area contributed by atoms with Gasteiger partial charge in [0.1, 0.15) is 0 Å². The molecular weight excluding hydrogens is 376 g/mol. The van der Waals surface area contributed by atoms with E-state index in [0.29, 0.717) is 0 Å². The van der Waals surface area contributed by atoms with Crippen molar-refractivity contribution in [2.75, 3.05) is 0 Å². The number of allylic oxidation sites excluding steroid dienone is 2. The second kappa shape index (κ2) is 5.19. The van der Waals surface area contributed by atoms with Crippen molar-refractivity contribution in [2.45, 2.75) is 6.04 Å². The number of halogens is 2. The summed E-state index contributed by atoms with van der Waals surface area (Å²) >= 11 is 0. The molecule has 1 nitrogen and oxygen atoms in total. The summed E-state index contributed by atoms with van der Waals surface area (Å²) in [5.74, 6) is -1.24. The molecule has 0 aliphatic carbocycles. The van der Waals surface area contributed by atoms with Gasteiger partial charge in [-0.3, -0.25) is 8.78 Å². The third-order valence-electron chi connectivity index (χ3n) is 1.92. The predicted octanol–water partition coefficient (Wildman–Crippen LogP) is 3.26. The largest absolute Gasteiger partial charge is 0.683 e. The van der Waals surface area contributed by atoms with E-state index in [1.807, 2.05) is 0 Å². The predicted molar refractivity (Wildman–Crippen MR) is 49.6 cm³/mol. The molecule has 0 amide bonds. The molecule has 1 atom stereocenters. The molecule has 4 heteroatoms. The van der Waals surface area contributed by atoms with E-state index in [2.05, 4.69) is 11.4 Å². The molecule has 1 aromatic carbocycles. The van der Waals surface area contributed by atoms with Crippen molar-refractivity contribution in [1.29, 1.82) is 0 Å². The van der Waals surface area contributed by atoms with Gasteiger partial charge in [0.05, 0.1) is 0 Å². The molecule has 0 fully saturated rings. The van der Waals surface area contributed by atoms with Crippen LogP contribution in [-0.4, -0.2) is 0 Å². The second-order valence-electron chi connectivity index (χ2n) is 2.90. The summed E-state index contributed by atoms with van der Waals surface area (Å²) in [6.45, 7) is 0. The summed E-state index contributed by atoms with van der Waals surface area (Å²) in [5, 5.41) is 4.03. The van der Waals surface area contributed by atoms with Crippen molar-refractivity contribution in [3.05, 3.63) is 65.1 Å². The molecule has 0 bridgehead atoms. The maximum atomic E-state index is 13.2. The quantitative estimate of drug-likeness (QED) is 0.661. The smallest absolute Gasteiger partial charge is 0.0137 e. The van der Waals surface area contributed by atoms with Crippen molar-refractivity contribution in [3.8, 4) is 0 Å². The van der Waals surface area contributed by atoms with Gasteiger partial charge in [0.2, 0.25) is 0 Å². The summed E-state index contributed by atoms with van der Waals surface area (Å²) in [5.41, 5.74) is 0.270. The number of hydrogen-bond donors (Lipinski definition) is 0. The third kappa shape index (κ3) is 2.74. The molecule has 0 N–H and O–H groups in total. The molecule has 1 radical (unpaired) electrons. The molecule has 1 aliphatic heterocycles. The van der Waals surface area contributed by atoms with Gasteiger partial charge in [-0.2, -0.15) is 12.3 Å². The molecule has 1 unspecified atom stereocenters. The summed E-state index contributed by atoms with van der Waals surface area (Å²) in [4.78, 5) is 0. The van der Waals surface area contributed by atoms with Gasteiger partial charge in [0, 0.05) is 31.7 Å². The van der Waals surface area contributed by atoms with Crippen molar-refractivity contribution in [2.24, 2.45) is 0 Å². The van der Waals surface area contributed by atoms with Crippen LogP contribution in [0.15, 0.2) is 36.6 Å². The van der Waals surface area contributed by atoms with Gasteiger partial charge in [0.25, 0.3) is 0 Å². The number of nitrogens with zero attached hydrogens (tertiary/aromatic N) is 1. The Morgan fingerprint density at radius 2 is 2.07 bits per heavy atom. The van der Waals surface area contributed by atoms with Gasteiger partial charge >= 0.3 is 0 Å². The number of benzene rings is 1. The minimum Gasteiger partial charge on any atom is -0.683 e. The summed E-state index contributed by atoms with van der Waals surface area (Å²) < 4.78 is 25.8. The van der Waals surface area contributed by atoms with E-state index < -0.39 is 11.6 Å². The van der Waals surface area contributed by atoms with E-state index in [1.54, 1.807) is 24.4 Å². The number of hydrogen-bond acceptors (Lipinski definition) is 0. The molecule has 1 aliphatic rings. The van der Waals surface area contributed by atoms with Crippen LogP contribution in [0, 0.1) is 17.7 Å². The first-order chi connectivity index (χ1) is 6.77. The molecule has 0 spiro atoms. The Hall–Kier alpha value is -0.991. The van der Waals surface area contributed by atoms with E-state index in [-0.39, 0.29) is 31.7 Å². The molecule has 0 aromatic heterocycles. The first kappa shape index (κ1) is 12.1. The van der Waals surface area contributed by atoms with E-state index in [9.17, 15) is 8.78 Å². The fourth-order valence-corrected chi connectivity index (χ4v) is 1.26. The standard InChI is InChI=1S/C11H7F2N.Ir/c12-8-4-5-9(10(13)7-8)11-3-1-2-6-14-11;/h1-4,6-7,11H;/q-2;. The van der Waals surface area contributed by atoms with Crippen LogP contribution in [0.4, 0.5) is 8.78 Å². The zero-order chi connectivity index (χ0) is 9.97. The van der Waals surface area contributed by atoms with Crippen LogP contribution in [0.1, 0.15) is 11.6 Å². The molecule has 1 heterocycles. The summed E-state index contributed by atoms with van der Waals surface area (Å²) in [6.07, 6.45) is 6.83. The SMILES string of the molecule is Fc1c[c-]c(C2C=CC=C[N-]2)c(F)c1.[Ir]. The van der Waals surface area contributed by atoms with Gasteiger partial charge in [-0.1, -0.05) is 24.3 Å². The second-order valence-corrected chi connectivity index (χ2v) is 2.90. The van der Waals surface area contributed by atoms with E-state index in [0.717, 1.165) is 12.1 Å². The molecule has 1 aromatic rings. The summed E-state index contributed by atoms with van der Waals surface area (Å²) in [7, 11) is 0. The number of rotatable bonds is 1. The Morgan fingerprint density at radius 1 is 1.27 bits per heavy atom.